The molecule has 15 amide bonds. The van der Waals surface area contributed by atoms with Crippen LogP contribution in [0.25, 0.3) is 0 Å². The molecule has 0 spiro atoms. The maximum Gasteiger partial charge on any atom is 0.326 e. The number of aliphatic hydroxyl groups excluding tert-OH is 2. The highest BCUT2D eigenvalue weighted by molar-refractivity contribution is 6.00. The monoisotopic (exact) mass is 1670 g/mol. The highest BCUT2D eigenvalue weighted by Gasteiger charge is 2.40. The van der Waals surface area contributed by atoms with Crippen molar-refractivity contribution in [1.29, 1.82) is 0 Å². The summed E-state index contributed by atoms with van der Waals surface area (Å²) >= 11 is 0. The number of hydrogen-bond acceptors (Lipinski definition) is 22. The number of carbonyl (C=O) groups is 16. The second kappa shape index (κ2) is 52.9. The lowest BCUT2D eigenvalue weighted by atomic mass is 9.96. The van der Waals surface area contributed by atoms with E-state index in [0.29, 0.717) is 18.4 Å². The van der Waals surface area contributed by atoms with Gasteiger partial charge in [-0.25, -0.2) is 4.79 Å². The Kier molecular flexibility index (Phi) is 46.0. The second-order valence-electron chi connectivity index (χ2n) is 29.5. The number of hydrogen-bond donors (Lipinski definition) is 24. The van der Waals surface area contributed by atoms with E-state index < -0.39 is 235 Å². The molecule has 2 rings (SSSR count). The van der Waals surface area contributed by atoms with Gasteiger partial charge >= 0.3 is 5.97 Å². The Labute approximate surface area is 686 Å². The highest BCUT2D eigenvalue weighted by atomic mass is 16.4. The minimum Gasteiger partial charge on any atom is -0.480 e. The first-order chi connectivity index (χ1) is 55.5. The molecule has 0 aliphatic carbocycles. The van der Waals surface area contributed by atoms with Crippen LogP contribution in [0.5, 0.6) is 0 Å². The Bertz CT molecular complexity index is 3630. The maximum absolute atomic E-state index is 14.5. The summed E-state index contributed by atoms with van der Waals surface area (Å²) in [7, 11) is 0. The van der Waals surface area contributed by atoms with Crippen LogP contribution in [-0.2, 0) is 83.1 Å². The Balaban J connectivity index is 2.38. The van der Waals surface area contributed by atoms with Gasteiger partial charge in [-0.3, -0.25) is 86.9 Å². The minimum atomic E-state index is -1.66. The topological polar surface area (TPSA) is 739 Å². The summed E-state index contributed by atoms with van der Waals surface area (Å²) in [5.74, 6) is -18.0. The van der Waals surface area contributed by atoms with Crippen molar-refractivity contribution in [3.8, 4) is 0 Å². The third-order valence-corrected chi connectivity index (χ3v) is 19.7. The molecule has 0 radical (unpaired) electrons. The fraction of sp³-hybridized carbons (Fsp3) is 0.662. The number of primary amides is 1. The van der Waals surface area contributed by atoms with E-state index in [-0.39, 0.29) is 108 Å². The number of likely N-dealkylation sites (tertiary alicyclic amines) is 1. The number of amides is 15. The Morgan fingerprint density at radius 2 is 0.873 bits per heavy atom. The lowest BCUT2D eigenvalue weighted by Gasteiger charge is -2.30. The van der Waals surface area contributed by atoms with Crippen molar-refractivity contribution in [2.75, 3.05) is 45.9 Å². The van der Waals surface area contributed by atoms with Crippen LogP contribution in [0, 0.1) is 23.7 Å². The SMILES string of the molecule is CC[C@H](C)[C@H](NC(=O)[C@@H](NC(=O)[C@@H](NC(=O)[C@H](Cc1ccccc1)NC(=O)[C@H](C)NC(=O)[C@H](CCCN=C(N)N)NC(=O)CNC(=O)[C@@H]1CCCN1C(=O)CNC(=O)[C@H](CCCN=C(N)N)NC(=O)[C@H](CCC(N)=O)NC(=O)[C@@H](NC(=O)[C@H](CCCN=C(N)N)NC(=O)[C@@H](NC(=O)[C@@H](N)CO)[C@@H](C)CC)[C@@H](C)CC)C(C)C)[C@@H](C)O)C(=O)O. The van der Waals surface area contributed by atoms with Gasteiger partial charge in [0.15, 0.2) is 17.9 Å². The first-order valence-corrected chi connectivity index (χ1v) is 39.5. The van der Waals surface area contributed by atoms with Crippen LogP contribution in [0.1, 0.15) is 158 Å². The van der Waals surface area contributed by atoms with Gasteiger partial charge < -0.3 is 135 Å². The van der Waals surface area contributed by atoms with Gasteiger partial charge in [-0.05, 0) is 101 Å². The third kappa shape index (κ3) is 36.7. The number of aliphatic imine (C=N–C) groups is 3. The predicted molar refractivity (Wildman–Crippen MR) is 434 cm³/mol. The molecule has 1 aromatic carbocycles. The van der Waals surface area contributed by atoms with Crippen LogP contribution >= 0.6 is 0 Å². The average Bonchev–Trinajstić information content (AvgIpc) is 1.68. The quantitative estimate of drug-likeness (QED) is 0.0164. The van der Waals surface area contributed by atoms with E-state index in [0.717, 1.165) is 4.90 Å². The van der Waals surface area contributed by atoms with Crippen molar-refractivity contribution in [2.24, 2.45) is 84.5 Å². The van der Waals surface area contributed by atoms with Gasteiger partial charge in [-0.2, -0.15) is 0 Å². The molecular formula is C74H127N25O19. The summed E-state index contributed by atoms with van der Waals surface area (Å²) in [5, 5.41) is 62.8. The fourth-order valence-corrected chi connectivity index (χ4v) is 12.0. The van der Waals surface area contributed by atoms with Gasteiger partial charge in [0.2, 0.25) is 88.6 Å². The summed E-state index contributed by atoms with van der Waals surface area (Å²) in [5.41, 5.74) is 45.0. The molecule has 118 heavy (non-hydrogen) atoms. The second-order valence-corrected chi connectivity index (χ2v) is 29.5. The molecule has 1 aliphatic heterocycles. The molecule has 1 heterocycles. The standard InChI is InChI=1S/C74H127N25O19/c1-11-38(6)55(95-60(106)44(75)36-100)68(114)91-47(25-19-31-85-74(81)82)64(110)96-56(39(7)12-2)69(115)92-48(27-28-51(76)102)63(109)90-45(23-17-29-83-72(77)78)61(107)87-35-53(104)99-32-20-26-50(99)66(112)86-34-52(103)89-46(24-18-30-84-73(79)80)62(108)88-41(9)59(105)93-49(33-43-21-15-14-16-22-43)65(111)94-54(37(4)5)67(113)98-58(42(10)101)70(116)97-57(71(117)118)40(8)13-3/h14-16,21-22,37-42,44-50,54-58,100-101H,11-13,17-20,23-36,75H2,1-10H3,(H2,76,102)(H,86,112)(H,87,107)(H,88,108)(H,89,103)(H,90,109)(H,91,114)(H,92,115)(H,93,105)(H,94,111)(H,95,106)(H,96,110)(H,97,116)(H,98,113)(H,117,118)(H4,77,78,83)(H4,79,80,84)(H4,81,82,85)/t38-,39-,40-,41-,42+,44-,45-,46-,47-,48-,49-,50-,54-,55-,56-,57-,58-/m0/s1. The summed E-state index contributed by atoms with van der Waals surface area (Å²) in [6.45, 7) is 13.4. The van der Waals surface area contributed by atoms with Crippen molar-refractivity contribution in [3.63, 3.8) is 0 Å². The summed E-state index contributed by atoms with van der Waals surface area (Å²) in [6, 6.07) is -10.1. The molecule has 17 atom stereocenters. The number of carboxylic acid groups (broad SMARTS) is 1. The van der Waals surface area contributed by atoms with Crippen LogP contribution in [0.3, 0.4) is 0 Å². The molecule has 0 unspecified atom stereocenters. The molecule has 1 saturated heterocycles. The Morgan fingerprint density at radius 1 is 0.466 bits per heavy atom. The van der Waals surface area contributed by atoms with Gasteiger partial charge in [0, 0.05) is 39.0 Å². The molecular weight excluding hydrogens is 1540 g/mol. The van der Waals surface area contributed by atoms with Crippen LogP contribution in [0.4, 0.5) is 0 Å². The van der Waals surface area contributed by atoms with Gasteiger partial charge in [0.1, 0.15) is 78.5 Å². The lowest BCUT2D eigenvalue weighted by molar-refractivity contribution is -0.144. The molecule has 44 heteroatoms. The molecule has 32 N–H and O–H groups in total. The number of guanidine groups is 3. The van der Waals surface area contributed by atoms with E-state index in [4.69, 9.17) is 45.9 Å². The zero-order valence-electron chi connectivity index (χ0n) is 68.9. The van der Waals surface area contributed by atoms with Gasteiger partial charge in [0.05, 0.1) is 25.8 Å². The van der Waals surface area contributed by atoms with E-state index in [1.807, 2.05) is 0 Å². The van der Waals surface area contributed by atoms with Gasteiger partial charge in [-0.1, -0.05) is 105 Å². The number of nitrogens with two attached hydrogens (primary N) is 8. The van der Waals surface area contributed by atoms with Crippen LogP contribution < -0.4 is 115 Å². The normalized spacial score (nSPS) is 16.4. The van der Waals surface area contributed by atoms with Crippen LogP contribution in [0.2, 0.25) is 0 Å². The summed E-state index contributed by atoms with van der Waals surface area (Å²) in [6.07, 6.45) is -1.41. The van der Waals surface area contributed by atoms with E-state index in [9.17, 15) is 92.0 Å². The number of aliphatic carboxylic acids is 1. The highest BCUT2D eigenvalue weighted by Crippen LogP contribution is 2.19. The predicted octanol–water partition coefficient (Wildman–Crippen LogP) is -8.19. The van der Waals surface area contributed by atoms with Gasteiger partial charge in [-0.15, -0.1) is 0 Å². The largest absolute Gasteiger partial charge is 0.480 e. The van der Waals surface area contributed by atoms with Crippen molar-refractivity contribution in [1.82, 2.24) is 74.0 Å². The van der Waals surface area contributed by atoms with Crippen LogP contribution in [0.15, 0.2) is 45.3 Å². The Hall–Kier alpha value is -11.6. The molecule has 1 aromatic rings. The van der Waals surface area contributed by atoms with E-state index >= 15 is 0 Å². The molecule has 0 saturated carbocycles. The molecule has 0 aromatic heterocycles. The number of carbonyl (C=O) groups excluding carboxylic acids is 15. The van der Waals surface area contributed by atoms with Crippen LogP contribution in [-0.4, -0.2) is 263 Å². The number of aliphatic hydroxyl groups is 2. The number of carboxylic acids is 1. The Morgan fingerprint density at radius 3 is 1.35 bits per heavy atom. The molecule has 662 valence electrons. The van der Waals surface area contributed by atoms with E-state index in [1.165, 1.54) is 13.8 Å². The number of benzene rings is 1. The number of rotatable bonds is 54. The fourth-order valence-electron chi connectivity index (χ4n) is 12.0. The first-order valence-electron chi connectivity index (χ1n) is 39.5. The van der Waals surface area contributed by atoms with Crippen molar-refractivity contribution < 1.29 is 92.0 Å². The summed E-state index contributed by atoms with van der Waals surface area (Å²) < 4.78 is 0. The maximum atomic E-state index is 14.5. The number of nitrogens with one attached hydrogen (secondary N) is 13. The molecule has 1 aliphatic rings. The number of nitrogens with zero attached hydrogens (tertiary/aromatic N) is 4. The molecule has 0 bridgehead atoms. The average molecular weight is 1670 g/mol. The summed E-state index contributed by atoms with van der Waals surface area (Å²) in [4.78, 5) is 233. The van der Waals surface area contributed by atoms with Crippen molar-refractivity contribution in [2.45, 2.75) is 244 Å². The third-order valence-electron chi connectivity index (χ3n) is 19.7. The van der Waals surface area contributed by atoms with E-state index in [2.05, 4.69) is 84.1 Å². The lowest BCUT2D eigenvalue weighted by Crippen LogP contribution is -2.62. The molecule has 44 nitrogen and oxygen atoms in total. The molecule has 1 fully saturated rings. The van der Waals surface area contributed by atoms with Gasteiger partial charge in [0.25, 0.3) is 0 Å². The van der Waals surface area contributed by atoms with Crippen molar-refractivity contribution in [3.05, 3.63) is 35.9 Å². The van der Waals surface area contributed by atoms with E-state index in [1.54, 1.807) is 85.7 Å². The first kappa shape index (κ1) is 103. The smallest absolute Gasteiger partial charge is 0.326 e. The zero-order chi connectivity index (χ0) is 89.2. The zero-order valence-corrected chi connectivity index (χ0v) is 68.9. The van der Waals surface area contributed by atoms with Crippen molar-refractivity contribution >= 4 is 112 Å². The minimum absolute atomic E-state index is 0.00723.